The molecule has 142 valence electrons. The zero-order valence-electron chi connectivity index (χ0n) is 15.0. The van der Waals surface area contributed by atoms with Gasteiger partial charge in [-0.05, 0) is 54.6 Å². The Morgan fingerprint density at radius 1 is 0.857 bits per heavy atom. The Bertz CT molecular complexity index is 972. The molecule has 0 saturated heterocycles. The summed E-state index contributed by atoms with van der Waals surface area (Å²) in [6.45, 7) is 0. The molecule has 8 heteroatoms. The highest BCUT2D eigenvalue weighted by Gasteiger charge is 2.11. The predicted molar refractivity (Wildman–Crippen MR) is 103 cm³/mol. The van der Waals surface area contributed by atoms with Crippen LogP contribution in [0.5, 0.6) is 17.2 Å². The molecule has 0 aliphatic rings. The zero-order chi connectivity index (χ0) is 19.9. The first-order valence-corrected chi connectivity index (χ1v) is 8.29. The molecule has 2 amide bonds. The molecule has 0 spiro atoms. The Morgan fingerprint density at radius 2 is 1.50 bits per heavy atom. The molecular formula is C20H18N4O4. The zero-order valence-corrected chi connectivity index (χ0v) is 15.0. The van der Waals surface area contributed by atoms with Gasteiger partial charge in [0.05, 0.1) is 7.11 Å². The molecule has 1 heterocycles. The van der Waals surface area contributed by atoms with Crippen molar-refractivity contribution in [1.82, 2.24) is 15.8 Å². The Labute approximate surface area is 161 Å². The fraction of sp³-hybridized carbons (Fsp3) is 0.0500. The third-order valence-corrected chi connectivity index (χ3v) is 3.72. The number of amides is 2. The van der Waals surface area contributed by atoms with Crippen molar-refractivity contribution in [3.05, 3.63) is 78.1 Å². The molecule has 2 aromatic carbocycles. The van der Waals surface area contributed by atoms with Crippen LogP contribution in [0.4, 0.5) is 5.69 Å². The molecule has 8 nitrogen and oxygen atoms in total. The SMILES string of the molecule is COc1ccc(C(=O)NNC(=O)c2cc(Oc3ccc(N)cc3)ccn2)cc1. The maximum atomic E-state index is 12.2. The molecule has 3 rings (SSSR count). The van der Waals surface area contributed by atoms with E-state index in [1.807, 2.05) is 0 Å². The number of benzene rings is 2. The molecule has 0 aliphatic heterocycles. The number of carbonyl (C=O) groups is 2. The van der Waals surface area contributed by atoms with Crippen LogP contribution in [0.1, 0.15) is 20.8 Å². The normalized spacial score (nSPS) is 10.0. The van der Waals surface area contributed by atoms with Crippen molar-refractivity contribution < 1.29 is 19.1 Å². The monoisotopic (exact) mass is 378 g/mol. The number of anilines is 1. The van der Waals surface area contributed by atoms with Gasteiger partial charge in [0.25, 0.3) is 11.8 Å². The molecule has 0 bridgehead atoms. The lowest BCUT2D eigenvalue weighted by molar-refractivity contribution is 0.0844. The van der Waals surface area contributed by atoms with Crippen molar-refractivity contribution in [3.63, 3.8) is 0 Å². The van der Waals surface area contributed by atoms with Gasteiger partial charge in [0.1, 0.15) is 22.9 Å². The largest absolute Gasteiger partial charge is 0.497 e. The third-order valence-electron chi connectivity index (χ3n) is 3.72. The Hall–Kier alpha value is -4.07. The van der Waals surface area contributed by atoms with E-state index in [1.165, 1.54) is 19.4 Å². The number of carbonyl (C=O) groups excluding carboxylic acids is 2. The van der Waals surface area contributed by atoms with Crippen molar-refractivity contribution in [1.29, 1.82) is 0 Å². The minimum atomic E-state index is -0.579. The molecule has 0 aliphatic carbocycles. The van der Waals surface area contributed by atoms with Crippen molar-refractivity contribution in [2.75, 3.05) is 12.8 Å². The number of nitrogens with zero attached hydrogens (tertiary/aromatic N) is 1. The average molecular weight is 378 g/mol. The lowest BCUT2D eigenvalue weighted by Gasteiger charge is -2.09. The lowest BCUT2D eigenvalue weighted by atomic mass is 10.2. The van der Waals surface area contributed by atoms with Gasteiger partial charge in [-0.3, -0.25) is 25.4 Å². The van der Waals surface area contributed by atoms with Crippen LogP contribution in [0.3, 0.4) is 0 Å². The molecular weight excluding hydrogens is 360 g/mol. The summed E-state index contributed by atoms with van der Waals surface area (Å²) in [7, 11) is 1.54. The minimum Gasteiger partial charge on any atom is -0.497 e. The van der Waals surface area contributed by atoms with Gasteiger partial charge in [-0.25, -0.2) is 0 Å². The molecule has 4 N–H and O–H groups in total. The second kappa shape index (κ2) is 8.54. The topological polar surface area (TPSA) is 116 Å². The van der Waals surface area contributed by atoms with Gasteiger partial charge in [0.15, 0.2) is 0 Å². The van der Waals surface area contributed by atoms with Crippen molar-refractivity contribution in [3.8, 4) is 17.2 Å². The van der Waals surface area contributed by atoms with Crippen LogP contribution in [0.25, 0.3) is 0 Å². The van der Waals surface area contributed by atoms with E-state index in [1.54, 1.807) is 54.6 Å². The summed E-state index contributed by atoms with van der Waals surface area (Å²) < 4.78 is 10.7. The van der Waals surface area contributed by atoms with Gasteiger partial charge in [0, 0.05) is 23.5 Å². The van der Waals surface area contributed by atoms with Gasteiger partial charge >= 0.3 is 0 Å². The van der Waals surface area contributed by atoms with Crippen molar-refractivity contribution >= 4 is 17.5 Å². The lowest BCUT2D eigenvalue weighted by Crippen LogP contribution is -2.41. The van der Waals surface area contributed by atoms with Crippen molar-refractivity contribution in [2.24, 2.45) is 0 Å². The first-order valence-electron chi connectivity index (χ1n) is 8.29. The van der Waals surface area contributed by atoms with Crippen LogP contribution in [0.15, 0.2) is 66.9 Å². The van der Waals surface area contributed by atoms with Gasteiger partial charge in [-0.15, -0.1) is 0 Å². The maximum absolute atomic E-state index is 12.2. The average Bonchev–Trinajstić information content (AvgIpc) is 2.73. The second-order valence-electron chi connectivity index (χ2n) is 5.68. The van der Waals surface area contributed by atoms with Gasteiger partial charge in [-0.1, -0.05) is 0 Å². The van der Waals surface area contributed by atoms with E-state index in [0.29, 0.717) is 28.5 Å². The summed E-state index contributed by atoms with van der Waals surface area (Å²) in [6.07, 6.45) is 1.44. The molecule has 1 aromatic heterocycles. The van der Waals surface area contributed by atoms with E-state index < -0.39 is 11.8 Å². The second-order valence-corrected chi connectivity index (χ2v) is 5.68. The molecule has 3 aromatic rings. The maximum Gasteiger partial charge on any atom is 0.288 e. The number of aromatic nitrogens is 1. The fourth-order valence-electron chi connectivity index (χ4n) is 2.26. The summed E-state index contributed by atoms with van der Waals surface area (Å²) in [5.74, 6) is 0.573. The summed E-state index contributed by atoms with van der Waals surface area (Å²) in [5, 5.41) is 0. The van der Waals surface area contributed by atoms with E-state index in [4.69, 9.17) is 15.2 Å². The third kappa shape index (κ3) is 4.76. The summed E-state index contributed by atoms with van der Waals surface area (Å²) in [4.78, 5) is 28.3. The standard InChI is InChI=1S/C20H18N4O4/c1-27-15-6-2-13(3-7-15)19(25)23-24-20(26)18-12-17(10-11-22-18)28-16-8-4-14(21)5-9-16/h2-12H,21H2,1H3,(H,23,25)(H,24,26). The number of nitrogens with two attached hydrogens (primary N) is 1. The Balaban J connectivity index is 1.60. The van der Waals surface area contributed by atoms with Crippen LogP contribution in [0, 0.1) is 0 Å². The van der Waals surface area contributed by atoms with E-state index in [9.17, 15) is 9.59 Å². The van der Waals surface area contributed by atoms with Crippen molar-refractivity contribution in [2.45, 2.75) is 0 Å². The van der Waals surface area contributed by atoms with E-state index in [-0.39, 0.29) is 5.69 Å². The first kappa shape index (κ1) is 18.7. The number of hydrogen-bond acceptors (Lipinski definition) is 6. The number of ether oxygens (including phenoxy) is 2. The fourth-order valence-corrected chi connectivity index (χ4v) is 2.26. The molecule has 0 unspecified atom stereocenters. The molecule has 0 radical (unpaired) electrons. The summed E-state index contributed by atoms with van der Waals surface area (Å²) in [6, 6.07) is 16.4. The number of pyridine rings is 1. The number of hydrogen-bond donors (Lipinski definition) is 3. The first-order chi connectivity index (χ1) is 13.5. The number of methoxy groups -OCH3 is 1. The Morgan fingerprint density at radius 3 is 2.18 bits per heavy atom. The van der Waals surface area contributed by atoms with Gasteiger partial charge in [-0.2, -0.15) is 0 Å². The van der Waals surface area contributed by atoms with E-state index in [2.05, 4.69) is 15.8 Å². The quantitative estimate of drug-likeness (QED) is 0.464. The number of nitrogens with one attached hydrogen (secondary N) is 2. The van der Waals surface area contributed by atoms with Crippen LogP contribution < -0.4 is 26.1 Å². The van der Waals surface area contributed by atoms with Crippen LogP contribution >= 0.6 is 0 Å². The smallest absolute Gasteiger partial charge is 0.288 e. The highest BCUT2D eigenvalue weighted by atomic mass is 16.5. The van der Waals surface area contributed by atoms with Gasteiger partial charge in [0.2, 0.25) is 0 Å². The minimum absolute atomic E-state index is 0.0861. The predicted octanol–water partition coefficient (Wildman–Crippen LogP) is 2.54. The summed E-state index contributed by atoms with van der Waals surface area (Å²) >= 11 is 0. The molecule has 0 fully saturated rings. The highest BCUT2D eigenvalue weighted by molar-refractivity contribution is 5.98. The highest BCUT2D eigenvalue weighted by Crippen LogP contribution is 2.22. The molecule has 0 saturated carbocycles. The molecule has 0 atom stereocenters. The Kier molecular flexibility index (Phi) is 5.71. The van der Waals surface area contributed by atoms with E-state index in [0.717, 1.165) is 0 Å². The van der Waals surface area contributed by atoms with Crippen LogP contribution in [0.2, 0.25) is 0 Å². The molecule has 28 heavy (non-hydrogen) atoms. The number of nitrogen functional groups attached to an aromatic ring is 1. The van der Waals surface area contributed by atoms with Gasteiger partial charge < -0.3 is 15.2 Å². The number of rotatable bonds is 5. The van der Waals surface area contributed by atoms with E-state index >= 15 is 0 Å². The van der Waals surface area contributed by atoms with Crippen LogP contribution in [-0.4, -0.2) is 23.9 Å². The summed E-state index contributed by atoms with van der Waals surface area (Å²) in [5.41, 5.74) is 11.4. The van der Waals surface area contributed by atoms with Crippen LogP contribution in [-0.2, 0) is 0 Å². The number of hydrazine groups is 1.